The first-order chi connectivity index (χ1) is 18.0. The van der Waals surface area contributed by atoms with Gasteiger partial charge in [0.05, 0.1) is 11.1 Å². The van der Waals surface area contributed by atoms with Crippen LogP contribution >= 0.6 is 0 Å². The molecule has 196 valence electrons. The van der Waals surface area contributed by atoms with Crippen molar-refractivity contribution in [3.05, 3.63) is 60.2 Å². The summed E-state index contributed by atoms with van der Waals surface area (Å²) in [5, 5.41) is 0. The number of ether oxygens (including phenoxy) is 1. The van der Waals surface area contributed by atoms with E-state index in [1.54, 1.807) is 4.90 Å². The summed E-state index contributed by atoms with van der Waals surface area (Å²) >= 11 is 0. The zero-order chi connectivity index (χ0) is 25.5. The fourth-order valence-corrected chi connectivity index (χ4v) is 6.80. The second kappa shape index (κ2) is 9.84. The van der Waals surface area contributed by atoms with Crippen molar-refractivity contribution < 1.29 is 18.7 Å². The molecule has 4 aliphatic heterocycles. The molecule has 2 aromatic carbocycles. The minimum Gasteiger partial charge on any atom is -0.381 e. The Labute approximate surface area is 218 Å². The molecule has 0 bridgehead atoms. The van der Waals surface area contributed by atoms with Crippen molar-refractivity contribution >= 4 is 23.2 Å². The predicted octanol–water partition coefficient (Wildman–Crippen LogP) is 4.46. The highest BCUT2D eigenvalue weighted by Gasteiger charge is 2.54. The molecule has 1 spiro atoms. The fraction of sp³-hybridized carbons (Fsp3) is 0.533. The molecule has 0 N–H and O–H groups in total. The molecule has 0 unspecified atom stereocenters. The summed E-state index contributed by atoms with van der Waals surface area (Å²) in [7, 11) is 0. The summed E-state index contributed by atoms with van der Waals surface area (Å²) in [5.74, 6) is 0.284. The van der Waals surface area contributed by atoms with Crippen LogP contribution in [-0.2, 0) is 19.7 Å². The highest BCUT2D eigenvalue weighted by Crippen LogP contribution is 2.50. The largest absolute Gasteiger partial charge is 0.381 e. The Bertz CT molecular complexity index is 1130. The van der Waals surface area contributed by atoms with Gasteiger partial charge in [-0.15, -0.1) is 0 Å². The Hall–Kier alpha value is -2.77. The molecule has 0 atom stereocenters. The third-order valence-electron chi connectivity index (χ3n) is 9.08. The van der Waals surface area contributed by atoms with E-state index in [1.165, 1.54) is 0 Å². The Kier molecular flexibility index (Phi) is 6.53. The quantitative estimate of drug-likeness (QED) is 0.616. The number of hydrogen-bond acceptors (Lipinski definition) is 4. The number of halogens is 1. The maximum absolute atomic E-state index is 16.0. The fourth-order valence-electron chi connectivity index (χ4n) is 6.80. The van der Waals surface area contributed by atoms with Crippen molar-refractivity contribution in [3.8, 4) is 0 Å². The van der Waals surface area contributed by atoms with Crippen LogP contribution in [0, 0.1) is 5.92 Å². The van der Waals surface area contributed by atoms with Crippen LogP contribution in [0.1, 0.15) is 44.1 Å². The smallest absolute Gasteiger partial charge is 0.260 e. The van der Waals surface area contributed by atoms with Gasteiger partial charge in [-0.2, -0.15) is 0 Å². The maximum Gasteiger partial charge on any atom is 0.260 e. The van der Waals surface area contributed by atoms with E-state index in [4.69, 9.17) is 4.74 Å². The van der Waals surface area contributed by atoms with Crippen LogP contribution in [-0.4, -0.2) is 73.2 Å². The van der Waals surface area contributed by atoms with Gasteiger partial charge in [0.1, 0.15) is 0 Å². The van der Waals surface area contributed by atoms with Crippen molar-refractivity contribution in [1.29, 1.82) is 0 Å². The molecule has 2 aromatic rings. The number of hydrogen-bond donors (Lipinski definition) is 0. The zero-order valence-electron chi connectivity index (χ0n) is 21.4. The van der Waals surface area contributed by atoms with E-state index in [9.17, 15) is 9.59 Å². The summed E-state index contributed by atoms with van der Waals surface area (Å²) in [5.41, 5.74) is 0.319. The average molecular weight is 506 g/mol. The summed E-state index contributed by atoms with van der Waals surface area (Å²) in [6.45, 7) is 4.65. The van der Waals surface area contributed by atoms with E-state index < -0.39 is 11.1 Å². The minimum absolute atomic E-state index is 0.0587. The lowest BCUT2D eigenvalue weighted by molar-refractivity contribution is -0.150. The van der Waals surface area contributed by atoms with Crippen molar-refractivity contribution in [2.45, 2.75) is 49.6 Å². The molecule has 0 saturated carbocycles. The number of amides is 2. The second-order valence-electron chi connectivity index (χ2n) is 11.2. The number of likely N-dealkylation sites (tertiary alicyclic amines) is 2. The zero-order valence-corrected chi connectivity index (χ0v) is 21.4. The van der Waals surface area contributed by atoms with E-state index in [-0.39, 0.29) is 24.7 Å². The number of carbonyl (C=O) groups is 2. The Morgan fingerprint density at radius 2 is 1.54 bits per heavy atom. The monoisotopic (exact) mass is 505 g/mol. The van der Waals surface area contributed by atoms with Crippen molar-refractivity contribution in [2.24, 2.45) is 5.92 Å². The van der Waals surface area contributed by atoms with Gasteiger partial charge in [-0.3, -0.25) is 14.5 Å². The lowest BCUT2D eigenvalue weighted by Gasteiger charge is -2.43. The molecule has 2 amide bonds. The second-order valence-corrected chi connectivity index (χ2v) is 11.2. The summed E-state index contributed by atoms with van der Waals surface area (Å²) < 4.78 is 21.4. The highest BCUT2D eigenvalue weighted by molar-refractivity contribution is 6.13. The Morgan fingerprint density at radius 1 is 0.892 bits per heavy atom. The standard InChI is InChI=1S/C30H36FN3O3/c31-30(14-16-32(17-15-30)22-23-10-20-37-21-11-23)28(36)33-18-12-29(13-19-33)25-8-4-5-9-26(25)34(27(29)35)24-6-2-1-3-7-24/h1-9,23H,10-22H2. The van der Waals surface area contributed by atoms with E-state index in [2.05, 4.69) is 4.90 Å². The molecule has 37 heavy (non-hydrogen) atoms. The summed E-state index contributed by atoms with van der Waals surface area (Å²) in [6.07, 6.45) is 3.67. The molecule has 4 heterocycles. The molecular formula is C30H36FN3O3. The Balaban J connectivity index is 1.12. The maximum atomic E-state index is 16.0. The summed E-state index contributed by atoms with van der Waals surface area (Å²) in [4.78, 5) is 33.1. The SMILES string of the molecule is O=C(N1CCC2(CC1)C(=O)N(c1ccccc1)c1ccccc12)C1(F)CCN(CC2CCOCC2)CC1. The van der Waals surface area contributed by atoms with Gasteiger partial charge in [0.2, 0.25) is 5.91 Å². The average Bonchev–Trinajstić information content (AvgIpc) is 3.18. The number of para-hydroxylation sites is 2. The minimum atomic E-state index is -1.80. The molecule has 7 heteroatoms. The lowest BCUT2D eigenvalue weighted by Crippen LogP contribution is -2.56. The number of benzene rings is 2. The van der Waals surface area contributed by atoms with Gasteiger partial charge in [0, 0.05) is 64.5 Å². The highest BCUT2D eigenvalue weighted by atomic mass is 19.1. The topological polar surface area (TPSA) is 53.1 Å². The molecule has 3 fully saturated rings. The van der Waals surface area contributed by atoms with Gasteiger partial charge in [0.25, 0.3) is 5.91 Å². The summed E-state index contributed by atoms with van der Waals surface area (Å²) in [6, 6.07) is 17.7. The Morgan fingerprint density at radius 3 is 2.24 bits per heavy atom. The number of nitrogens with zero attached hydrogens (tertiary/aromatic N) is 3. The van der Waals surface area contributed by atoms with Crippen LogP contribution < -0.4 is 4.90 Å². The van der Waals surface area contributed by atoms with Crippen LogP contribution in [0.4, 0.5) is 15.8 Å². The first-order valence-electron chi connectivity index (χ1n) is 13.8. The van der Waals surface area contributed by atoms with E-state index in [0.29, 0.717) is 44.9 Å². The van der Waals surface area contributed by atoms with Crippen molar-refractivity contribution in [2.75, 3.05) is 50.8 Å². The number of rotatable bonds is 4. The van der Waals surface area contributed by atoms with Gasteiger partial charge in [-0.05, 0) is 55.4 Å². The number of carbonyl (C=O) groups excluding carboxylic acids is 2. The van der Waals surface area contributed by atoms with Crippen LogP contribution in [0.25, 0.3) is 0 Å². The predicted molar refractivity (Wildman–Crippen MR) is 141 cm³/mol. The van der Waals surface area contributed by atoms with Gasteiger partial charge in [-0.1, -0.05) is 36.4 Å². The van der Waals surface area contributed by atoms with Gasteiger partial charge in [0.15, 0.2) is 5.67 Å². The first kappa shape index (κ1) is 24.6. The van der Waals surface area contributed by atoms with Crippen LogP contribution in [0.15, 0.2) is 54.6 Å². The third kappa shape index (κ3) is 4.36. The number of anilines is 2. The van der Waals surface area contributed by atoms with Gasteiger partial charge in [-0.25, -0.2) is 4.39 Å². The lowest BCUT2D eigenvalue weighted by atomic mass is 9.73. The molecule has 3 saturated heterocycles. The van der Waals surface area contributed by atoms with Gasteiger partial charge >= 0.3 is 0 Å². The van der Waals surface area contributed by atoms with E-state index >= 15 is 4.39 Å². The van der Waals surface area contributed by atoms with Gasteiger partial charge < -0.3 is 14.5 Å². The molecule has 4 aliphatic rings. The number of fused-ring (bicyclic) bond motifs is 2. The van der Waals surface area contributed by atoms with Crippen LogP contribution in [0.3, 0.4) is 0 Å². The van der Waals surface area contributed by atoms with Crippen molar-refractivity contribution in [1.82, 2.24) is 9.80 Å². The van der Waals surface area contributed by atoms with E-state index in [1.807, 2.05) is 59.5 Å². The molecule has 6 rings (SSSR count). The normalized spacial score (nSPS) is 23.9. The van der Waals surface area contributed by atoms with Crippen LogP contribution in [0.5, 0.6) is 0 Å². The van der Waals surface area contributed by atoms with Crippen LogP contribution in [0.2, 0.25) is 0 Å². The van der Waals surface area contributed by atoms with Crippen molar-refractivity contribution in [3.63, 3.8) is 0 Å². The molecular weight excluding hydrogens is 469 g/mol. The molecule has 6 nitrogen and oxygen atoms in total. The molecule has 0 aromatic heterocycles. The molecule has 0 aliphatic carbocycles. The molecule has 0 radical (unpaired) electrons. The van der Waals surface area contributed by atoms with E-state index in [0.717, 1.165) is 49.5 Å². The third-order valence-corrected chi connectivity index (χ3v) is 9.08. The number of piperidine rings is 2. The number of alkyl halides is 1. The first-order valence-corrected chi connectivity index (χ1v) is 13.8.